The first kappa shape index (κ1) is 6.81. The first-order valence-corrected chi connectivity index (χ1v) is 4.41. The van der Waals surface area contributed by atoms with Crippen molar-refractivity contribution in [2.24, 2.45) is 5.92 Å². The van der Waals surface area contributed by atoms with Crippen LogP contribution >= 0.6 is 22.6 Å². The quantitative estimate of drug-likeness (QED) is 0.376. The molecule has 1 aliphatic rings. The Morgan fingerprint density at radius 3 is 2.62 bits per heavy atom. The Bertz CT molecular complexity index is 56.9. The van der Waals surface area contributed by atoms with Gasteiger partial charge in [0.1, 0.15) is 0 Å². The Hall–Kier alpha value is 0.690. The van der Waals surface area contributed by atoms with Crippen LogP contribution < -0.4 is 5.32 Å². The maximum Gasteiger partial charge on any atom is 0.0593 e. The maximum atomic E-state index is 3.42. The predicted octanol–water partition coefficient (Wildman–Crippen LogP) is 1.77. The van der Waals surface area contributed by atoms with Gasteiger partial charge in [-0.15, -0.1) is 0 Å². The Morgan fingerprint density at radius 1 is 1.50 bits per heavy atom. The van der Waals surface area contributed by atoms with Crippen molar-refractivity contribution < 1.29 is 0 Å². The molecule has 0 aromatic rings. The van der Waals surface area contributed by atoms with E-state index in [1.807, 2.05) is 0 Å². The van der Waals surface area contributed by atoms with Gasteiger partial charge >= 0.3 is 0 Å². The summed E-state index contributed by atoms with van der Waals surface area (Å²) in [6, 6.07) is 0. The van der Waals surface area contributed by atoms with E-state index < -0.39 is 0 Å². The molecule has 1 saturated heterocycles. The third-order valence-corrected chi connectivity index (χ3v) is 2.66. The molecule has 1 rings (SSSR count). The van der Waals surface area contributed by atoms with Gasteiger partial charge in [-0.25, -0.2) is 0 Å². The van der Waals surface area contributed by atoms with Crippen LogP contribution in [0.5, 0.6) is 0 Å². The number of piperidine rings is 1. The summed E-state index contributed by atoms with van der Waals surface area (Å²) < 4.78 is 0.740. The summed E-state index contributed by atoms with van der Waals surface area (Å²) in [6.07, 6.45) is 2.75. The second-order valence-corrected chi connectivity index (χ2v) is 4.06. The minimum absolute atomic E-state index is 0.740. The largest absolute Gasteiger partial charge is 0.305 e. The van der Waals surface area contributed by atoms with E-state index in [2.05, 4.69) is 34.8 Å². The molecule has 1 N–H and O–H groups in total. The third kappa shape index (κ3) is 1.90. The zero-order valence-electron chi connectivity index (χ0n) is 5.15. The lowest BCUT2D eigenvalue weighted by Crippen LogP contribution is -2.33. The van der Waals surface area contributed by atoms with E-state index in [-0.39, 0.29) is 0 Å². The Morgan fingerprint density at radius 2 is 2.25 bits per heavy atom. The monoisotopic (exact) mass is 225 g/mol. The fourth-order valence-electron chi connectivity index (χ4n) is 0.964. The van der Waals surface area contributed by atoms with Crippen molar-refractivity contribution in [3.8, 4) is 0 Å². The van der Waals surface area contributed by atoms with Gasteiger partial charge in [0, 0.05) is 0 Å². The highest BCUT2D eigenvalue weighted by Crippen LogP contribution is 2.16. The van der Waals surface area contributed by atoms with Gasteiger partial charge in [-0.3, -0.25) is 0 Å². The van der Waals surface area contributed by atoms with Crippen LogP contribution in [0.1, 0.15) is 19.8 Å². The molecule has 0 spiro atoms. The van der Waals surface area contributed by atoms with Crippen LogP contribution in [-0.2, 0) is 0 Å². The standard InChI is InChI=1S/C6H12IN/c1-5-2-3-6(7)8-4-5/h5-6,8H,2-4H2,1H3. The molecule has 0 amide bonds. The molecule has 0 saturated carbocycles. The van der Waals surface area contributed by atoms with Gasteiger partial charge in [-0.1, -0.05) is 29.5 Å². The van der Waals surface area contributed by atoms with Crippen LogP contribution in [0, 0.1) is 5.92 Å². The Kier molecular flexibility index (Phi) is 2.56. The molecular weight excluding hydrogens is 213 g/mol. The van der Waals surface area contributed by atoms with Crippen molar-refractivity contribution in [1.29, 1.82) is 0 Å². The van der Waals surface area contributed by atoms with Gasteiger partial charge < -0.3 is 5.32 Å². The number of halogens is 1. The second kappa shape index (κ2) is 3.01. The second-order valence-electron chi connectivity index (χ2n) is 2.56. The molecule has 2 atom stereocenters. The van der Waals surface area contributed by atoms with Gasteiger partial charge in [0.05, 0.1) is 4.05 Å². The highest BCUT2D eigenvalue weighted by Gasteiger charge is 2.13. The van der Waals surface area contributed by atoms with Crippen LogP contribution in [-0.4, -0.2) is 10.6 Å². The lowest BCUT2D eigenvalue weighted by atomic mass is 10.0. The van der Waals surface area contributed by atoms with Crippen molar-refractivity contribution in [3.63, 3.8) is 0 Å². The van der Waals surface area contributed by atoms with Crippen molar-refractivity contribution in [3.05, 3.63) is 0 Å². The van der Waals surface area contributed by atoms with Gasteiger partial charge in [0.25, 0.3) is 0 Å². The van der Waals surface area contributed by atoms with Gasteiger partial charge in [0.2, 0.25) is 0 Å². The van der Waals surface area contributed by atoms with Crippen LogP contribution in [0.25, 0.3) is 0 Å². The lowest BCUT2D eigenvalue weighted by molar-refractivity contribution is 0.395. The summed E-state index contributed by atoms with van der Waals surface area (Å²) in [5, 5.41) is 3.42. The maximum absolute atomic E-state index is 3.42. The third-order valence-electron chi connectivity index (χ3n) is 1.60. The van der Waals surface area contributed by atoms with Gasteiger partial charge in [-0.05, 0) is 25.3 Å². The van der Waals surface area contributed by atoms with Crippen LogP contribution in [0.15, 0.2) is 0 Å². The first-order valence-electron chi connectivity index (χ1n) is 3.16. The molecule has 1 fully saturated rings. The first-order chi connectivity index (χ1) is 3.79. The topological polar surface area (TPSA) is 12.0 Å². The zero-order chi connectivity index (χ0) is 5.98. The summed E-state index contributed by atoms with van der Waals surface area (Å²) in [4.78, 5) is 0. The van der Waals surface area contributed by atoms with E-state index in [0.29, 0.717) is 0 Å². The van der Waals surface area contributed by atoms with Crippen molar-refractivity contribution in [1.82, 2.24) is 5.32 Å². The number of rotatable bonds is 0. The summed E-state index contributed by atoms with van der Waals surface area (Å²) in [6.45, 7) is 3.52. The number of nitrogens with one attached hydrogen (secondary N) is 1. The Balaban J connectivity index is 2.19. The van der Waals surface area contributed by atoms with Crippen molar-refractivity contribution >= 4 is 22.6 Å². The lowest BCUT2D eigenvalue weighted by Gasteiger charge is -2.23. The molecule has 0 aromatic heterocycles. The summed E-state index contributed by atoms with van der Waals surface area (Å²) in [7, 11) is 0. The highest BCUT2D eigenvalue weighted by atomic mass is 127. The van der Waals surface area contributed by atoms with Crippen LogP contribution in [0.4, 0.5) is 0 Å². The van der Waals surface area contributed by atoms with E-state index in [4.69, 9.17) is 0 Å². The molecule has 8 heavy (non-hydrogen) atoms. The summed E-state index contributed by atoms with van der Waals surface area (Å²) in [5.74, 6) is 0.904. The van der Waals surface area contributed by atoms with Crippen LogP contribution in [0.3, 0.4) is 0 Å². The molecule has 0 aliphatic carbocycles. The van der Waals surface area contributed by atoms with E-state index in [1.165, 1.54) is 19.4 Å². The van der Waals surface area contributed by atoms with Crippen molar-refractivity contribution in [2.45, 2.75) is 23.8 Å². The van der Waals surface area contributed by atoms with Gasteiger partial charge in [-0.2, -0.15) is 0 Å². The average molecular weight is 225 g/mol. The molecule has 2 unspecified atom stereocenters. The smallest absolute Gasteiger partial charge is 0.0593 e. The normalized spacial score (nSPS) is 39.8. The SMILES string of the molecule is CC1CCC(I)NC1. The number of hydrogen-bond donors (Lipinski definition) is 1. The molecule has 0 aromatic carbocycles. The molecule has 48 valence electrons. The van der Waals surface area contributed by atoms with Gasteiger partial charge in [0.15, 0.2) is 0 Å². The minimum Gasteiger partial charge on any atom is -0.305 e. The average Bonchev–Trinajstić information content (AvgIpc) is 1.77. The molecule has 2 heteroatoms. The number of alkyl halides is 1. The molecule has 1 nitrogen and oxygen atoms in total. The highest BCUT2D eigenvalue weighted by molar-refractivity contribution is 14.1. The molecule has 1 aliphatic heterocycles. The minimum atomic E-state index is 0.740. The van der Waals surface area contributed by atoms with E-state index in [0.717, 1.165) is 9.97 Å². The van der Waals surface area contributed by atoms with E-state index >= 15 is 0 Å². The van der Waals surface area contributed by atoms with E-state index in [9.17, 15) is 0 Å². The van der Waals surface area contributed by atoms with Crippen molar-refractivity contribution in [2.75, 3.05) is 6.54 Å². The zero-order valence-corrected chi connectivity index (χ0v) is 7.31. The fourth-order valence-corrected chi connectivity index (χ4v) is 1.58. The van der Waals surface area contributed by atoms with E-state index in [1.54, 1.807) is 0 Å². The molecular formula is C6H12IN. The summed E-state index contributed by atoms with van der Waals surface area (Å²) in [5.41, 5.74) is 0. The molecule has 0 bridgehead atoms. The summed E-state index contributed by atoms with van der Waals surface area (Å²) >= 11 is 2.46. The van der Waals surface area contributed by atoms with Crippen LogP contribution in [0.2, 0.25) is 0 Å². The molecule has 0 radical (unpaired) electrons. The molecule has 1 heterocycles. The number of hydrogen-bond acceptors (Lipinski definition) is 1. The Labute approximate surface area is 64.4 Å². The fraction of sp³-hybridized carbons (Fsp3) is 1.00. The predicted molar refractivity (Wildman–Crippen MR) is 44.2 cm³/mol.